The van der Waals surface area contributed by atoms with Gasteiger partial charge in [0.2, 0.25) is 12.7 Å². The van der Waals surface area contributed by atoms with E-state index in [4.69, 9.17) is 16.9 Å². The van der Waals surface area contributed by atoms with E-state index in [0.717, 1.165) is 0 Å². The SMILES string of the molecule is N#Cc1ccc(-c2ccc(CC(NC(=O)c3ccc(N4CC(F)OC(F)C4)cc3)C(=O)O)c3cccnc23)c(Cl)c1. The summed E-state index contributed by atoms with van der Waals surface area (Å²) in [5.41, 5.74) is 3.76. The Morgan fingerprint density at radius 1 is 1.10 bits per heavy atom. The minimum absolute atomic E-state index is 0.0215. The second-order valence-electron chi connectivity index (χ2n) is 9.45. The minimum Gasteiger partial charge on any atom is -0.480 e. The lowest BCUT2D eigenvalue weighted by Crippen LogP contribution is -2.44. The van der Waals surface area contributed by atoms with Gasteiger partial charge >= 0.3 is 5.97 Å². The van der Waals surface area contributed by atoms with E-state index in [9.17, 15) is 23.5 Å². The van der Waals surface area contributed by atoms with Crippen LogP contribution in [0.5, 0.6) is 0 Å². The van der Waals surface area contributed by atoms with Crippen molar-refractivity contribution in [3.05, 3.63) is 94.6 Å². The Morgan fingerprint density at radius 2 is 1.80 bits per heavy atom. The molecule has 1 aliphatic heterocycles. The molecule has 4 aromatic rings. The highest BCUT2D eigenvalue weighted by atomic mass is 35.5. The molecule has 0 radical (unpaired) electrons. The van der Waals surface area contributed by atoms with Gasteiger partial charge < -0.3 is 20.1 Å². The first-order valence-electron chi connectivity index (χ1n) is 12.6. The van der Waals surface area contributed by atoms with Crippen LogP contribution < -0.4 is 10.2 Å². The molecule has 0 saturated carbocycles. The Kier molecular flexibility index (Phi) is 8.10. The Morgan fingerprint density at radius 3 is 2.46 bits per heavy atom. The van der Waals surface area contributed by atoms with Crippen LogP contribution in [0.2, 0.25) is 5.02 Å². The highest BCUT2D eigenvalue weighted by Gasteiger charge is 2.28. The molecule has 3 unspecified atom stereocenters. The summed E-state index contributed by atoms with van der Waals surface area (Å²) in [7, 11) is 0. The summed E-state index contributed by atoms with van der Waals surface area (Å²) in [6.07, 6.45) is -1.93. The van der Waals surface area contributed by atoms with E-state index < -0.39 is 30.6 Å². The number of hydrogen-bond donors (Lipinski definition) is 2. The minimum atomic E-state index is -1.76. The number of nitrogens with zero attached hydrogens (tertiary/aromatic N) is 3. The van der Waals surface area contributed by atoms with E-state index in [2.05, 4.69) is 15.0 Å². The molecule has 1 aromatic heterocycles. The average molecular weight is 577 g/mol. The van der Waals surface area contributed by atoms with Crippen molar-refractivity contribution in [2.75, 3.05) is 18.0 Å². The van der Waals surface area contributed by atoms with Gasteiger partial charge in [-0.3, -0.25) is 9.78 Å². The van der Waals surface area contributed by atoms with Crippen LogP contribution in [0.15, 0.2) is 72.9 Å². The number of nitrogens with one attached hydrogen (secondary N) is 1. The summed E-state index contributed by atoms with van der Waals surface area (Å²) in [4.78, 5) is 31.1. The summed E-state index contributed by atoms with van der Waals surface area (Å²) < 4.78 is 31.6. The van der Waals surface area contributed by atoms with Crippen molar-refractivity contribution >= 4 is 40.1 Å². The average Bonchev–Trinajstić information content (AvgIpc) is 2.96. The second kappa shape index (κ2) is 11.9. The first kappa shape index (κ1) is 28.0. The summed E-state index contributed by atoms with van der Waals surface area (Å²) in [5.74, 6) is -1.83. The van der Waals surface area contributed by atoms with Crippen LogP contribution in [-0.2, 0) is 16.0 Å². The van der Waals surface area contributed by atoms with Crippen molar-refractivity contribution in [1.29, 1.82) is 5.26 Å². The standard InChI is InChI=1S/C30H23ClF2N4O4/c31-24-12-17(14-34)3-9-22(24)23-10-6-19(21-2-1-11-35-28(21)23)13-25(30(39)40)36-29(38)18-4-7-20(8-5-18)37-15-26(32)41-27(33)16-37/h1-12,25-27H,13,15-16H2,(H,36,38)(H,39,40). The van der Waals surface area contributed by atoms with Crippen LogP contribution in [0.1, 0.15) is 21.5 Å². The van der Waals surface area contributed by atoms with Crippen LogP contribution in [0.4, 0.5) is 14.5 Å². The maximum absolute atomic E-state index is 13.6. The maximum Gasteiger partial charge on any atom is 0.326 e. The molecule has 1 amide bonds. The number of carbonyl (C=O) groups excluding carboxylic acids is 1. The van der Waals surface area contributed by atoms with E-state index in [1.54, 1.807) is 54.7 Å². The summed E-state index contributed by atoms with van der Waals surface area (Å²) in [6.45, 7) is -0.294. The largest absolute Gasteiger partial charge is 0.480 e. The first-order valence-corrected chi connectivity index (χ1v) is 13.0. The van der Waals surface area contributed by atoms with Crippen molar-refractivity contribution < 1.29 is 28.2 Å². The number of benzene rings is 3. The van der Waals surface area contributed by atoms with Gasteiger partial charge in [-0.05, 0) is 48.0 Å². The molecule has 3 atom stereocenters. The lowest BCUT2D eigenvalue weighted by atomic mass is 9.94. The van der Waals surface area contributed by atoms with Gasteiger partial charge in [-0.15, -0.1) is 0 Å². The number of amides is 1. The number of ether oxygens (including phenoxy) is 1. The van der Waals surface area contributed by atoms with Gasteiger partial charge in [0.15, 0.2) is 0 Å². The van der Waals surface area contributed by atoms with Gasteiger partial charge in [0, 0.05) is 45.4 Å². The fourth-order valence-electron chi connectivity index (χ4n) is 4.79. The molecule has 0 bridgehead atoms. The van der Waals surface area contributed by atoms with Crippen LogP contribution in [0, 0.1) is 11.3 Å². The highest BCUT2D eigenvalue weighted by molar-refractivity contribution is 6.33. The Labute approximate surface area is 238 Å². The third-order valence-electron chi connectivity index (χ3n) is 6.79. The third kappa shape index (κ3) is 6.11. The van der Waals surface area contributed by atoms with E-state index in [0.29, 0.717) is 43.9 Å². The predicted octanol–water partition coefficient (Wildman–Crippen LogP) is 5.28. The highest BCUT2D eigenvalue weighted by Crippen LogP contribution is 2.35. The molecule has 0 aliphatic carbocycles. The number of carboxylic acid groups (broad SMARTS) is 1. The van der Waals surface area contributed by atoms with Gasteiger partial charge in [-0.2, -0.15) is 5.26 Å². The van der Waals surface area contributed by atoms with Gasteiger partial charge in [0.1, 0.15) is 6.04 Å². The molecule has 208 valence electrons. The summed E-state index contributed by atoms with van der Waals surface area (Å²) >= 11 is 6.45. The third-order valence-corrected chi connectivity index (χ3v) is 7.11. The summed E-state index contributed by atoms with van der Waals surface area (Å²) in [5, 5.41) is 22.7. The van der Waals surface area contributed by atoms with Gasteiger partial charge in [-0.1, -0.05) is 35.9 Å². The topological polar surface area (TPSA) is 116 Å². The summed E-state index contributed by atoms with van der Waals surface area (Å²) in [6, 6.07) is 18.9. The molecule has 1 fully saturated rings. The Bertz CT molecular complexity index is 1650. The molecule has 8 nitrogen and oxygen atoms in total. The number of morpholine rings is 1. The molecule has 3 aromatic carbocycles. The number of anilines is 1. The number of pyridine rings is 1. The van der Waals surface area contributed by atoms with E-state index >= 15 is 0 Å². The maximum atomic E-state index is 13.6. The van der Waals surface area contributed by atoms with E-state index in [1.807, 2.05) is 12.1 Å². The second-order valence-corrected chi connectivity index (χ2v) is 9.86. The van der Waals surface area contributed by atoms with Crippen LogP contribution in [0.3, 0.4) is 0 Å². The first-order chi connectivity index (χ1) is 19.7. The van der Waals surface area contributed by atoms with Crippen molar-refractivity contribution in [2.45, 2.75) is 25.2 Å². The number of halogens is 3. The number of rotatable bonds is 7. The van der Waals surface area contributed by atoms with Crippen LogP contribution in [-0.4, -0.2) is 53.8 Å². The molecule has 41 heavy (non-hydrogen) atoms. The van der Waals surface area contributed by atoms with Crippen molar-refractivity contribution in [2.24, 2.45) is 0 Å². The molecular weight excluding hydrogens is 554 g/mol. The number of carbonyl (C=O) groups is 2. The van der Waals surface area contributed by atoms with Crippen molar-refractivity contribution in [3.8, 4) is 17.2 Å². The normalized spacial score (nSPS) is 17.6. The number of alkyl halides is 2. The van der Waals surface area contributed by atoms with Crippen LogP contribution >= 0.6 is 11.6 Å². The number of hydrogen-bond acceptors (Lipinski definition) is 6. The van der Waals surface area contributed by atoms with Crippen LogP contribution in [0.25, 0.3) is 22.0 Å². The molecule has 2 heterocycles. The molecule has 5 rings (SSSR count). The monoisotopic (exact) mass is 576 g/mol. The fourth-order valence-corrected chi connectivity index (χ4v) is 5.08. The smallest absolute Gasteiger partial charge is 0.326 e. The number of aromatic nitrogens is 1. The Balaban J connectivity index is 1.36. The molecule has 0 spiro atoms. The van der Waals surface area contributed by atoms with Gasteiger partial charge in [0.05, 0.1) is 30.2 Å². The van der Waals surface area contributed by atoms with E-state index in [1.165, 1.54) is 17.0 Å². The van der Waals surface area contributed by atoms with Gasteiger partial charge in [0.25, 0.3) is 5.91 Å². The lowest BCUT2D eigenvalue weighted by Gasteiger charge is -2.33. The quantitative estimate of drug-likeness (QED) is 0.307. The van der Waals surface area contributed by atoms with Crippen molar-refractivity contribution in [3.63, 3.8) is 0 Å². The molecule has 2 N–H and O–H groups in total. The zero-order chi connectivity index (χ0) is 29.1. The molecule has 1 aliphatic rings. The van der Waals surface area contributed by atoms with E-state index in [-0.39, 0.29) is 25.1 Å². The Hall–Kier alpha value is -4.59. The number of carboxylic acids is 1. The fraction of sp³-hybridized carbons (Fsp3) is 0.200. The number of fused-ring (bicyclic) bond motifs is 1. The molecule has 11 heteroatoms. The zero-order valence-electron chi connectivity index (χ0n) is 21.4. The molecule has 1 saturated heterocycles. The lowest BCUT2D eigenvalue weighted by molar-refractivity contribution is -0.147. The zero-order valence-corrected chi connectivity index (χ0v) is 22.2. The van der Waals surface area contributed by atoms with Gasteiger partial charge in [-0.25, -0.2) is 13.6 Å². The number of nitriles is 1. The molecular formula is C30H23ClF2N4O4. The number of aliphatic carboxylic acids is 1. The predicted molar refractivity (Wildman–Crippen MR) is 149 cm³/mol. The van der Waals surface area contributed by atoms with Crippen molar-refractivity contribution in [1.82, 2.24) is 10.3 Å².